The van der Waals surface area contributed by atoms with Crippen molar-refractivity contribution in [3.63, 3.8) is 0 Å². The van der Waals surface area contributed by atoms with Crippen LogP contribution in [0.4, 0.5) is 0 Å². The van der Waals surface area contributed by atoms with Crippen molar-refractivity contribution in [2.45, 2.75) is 72.3 Å². The Balaban J connectivity index is 2.51. The van der Waals surface area contributed by atoms with E-state index in [1.165, 1.54) is 32.1 Å². The summed E-state index contributed by atoms with van der Waals surface area (Å²) >= 11 is 0. The molecule has 0 atom stereocenters. The molecular weight excluding hydrogens is 234 g/mol. The molecule has 2 heteroatoms. The molecule has 0 spiro atoms. The number of likely N-dealkylation sites (N-methyl/N-ethyl adjacent to an activating group) is 1. The third-order valence-corrected chi connectivity index (χ3v) is 4.72. The van der Waals surface area contributed by atoms with Crippen molar-refractivity contribution < 1.29 is 4.74 Å². The van der Waals surface area contributed by atoms with E-state index in [0.29, 0.717) is 5.41 Å². The molecule has 19 heavy (non-hydrogen) atoms. The van der Waals surface area contributed by atoms with Gasteiger partial charge in [-0.3, -0.25) is 0 Å². The van der Waals surface area contributed by atoms with E-state index < -0.39 is 0 Å². The van der Waals surface area contributed by atoms with E-state index in [-0.39, 0.29) is 5.60 Å². The third-order valence-electron chi connectivity index (χ3n) is 4.72. The summed E-state index contributed by atoms with van der Waals surface area (Å²) in [4.78, 5) is 0. The Morgan fingerprint density at radius 1 is 1.21 bits per heavy atom. The van der Waals surface area contributed by atoms with Crippen molar-refractivity contribution >= 4 is 0 Å². The summed E-state index contributed by atoms with van der Waals surface area (Å²) in [6, 6.07) is 0. The molecule has 1 aliphatic rings. The number of ether oxygens (including phenoxy) is 1. The van der Waals surface area contributed by atoms with Crippen molar-refractivity contribution in [1.82, 2.24) is 5.32 Å². The van der Waals surface area contributed by atoms with Crippen LogP contribution >= 0.6 is 0 Å². The highest BCUT2D eigenvalue weighted by Crippen LogP contribution is 2.42. The van der Waals surface area contributed by atoms with Crippen LogP contribution in [-0.4, -0.2) is 25.8 Å². The predicted octanol–water partition coefficient (Wildman–Crippen LogP) is 4.24. The SMILES string of the molecule is CNCC1(OCCC(C)C)CCC(C(C)(C)C)CC1. The molecule has 0 unspecified atom stereocenters. The summed E-state index contributed by atoms with van der Waals surface area (Å²) in [6.07, 6.45) is 6.23. The van der Waals surface area contributed by atoms with Gasteiger partial charge in [-0.2, -0.15) is 0 Å². The average molecular weight is 269 g/mol. The Kier molecular flexibility index (Phi) is 6.32. The molecule has 0 saturated heterocycles. The van der Waals surface area contributed by atoms with Gasteiger partial charge in [0.1, 0.15) is 0 Å². The minimum Gasteiger partial charge on any atom is -0.374 e. The molecule has 1 N–H and O–H groups in total. The first-order chi connectivity index (χ1) is 8.79. The first-order valence-corrected chi connectivity index (χ1v) is 8.08. The van der Waals surface area contributed by atoms with Gasteiger partial charge in [0.15, 0.2) is 0 Å². The second-order valence-electron chi connectivity index (χ2n) is 7.88. The molecule has 114 valence electrons. The molecular formula is C17H35NO. The molecule has 0 aliphatic heterocycles. The predicted molar refractivity (Wildman–Crippen MR) is 83.5 cm³/mol. The van der Waals surface area contributed by atoms with E-state index in [1.54, 1.807) is 0 Å². The van der Waals surface area contributed by atoms with Crippen LogP contribution in [0.2, 0.25) is 0 Å². The molecule has 1 aliphatic carbocycles. The Bertz CT molecular complexity index is 246. The fourth-order valence-electron chi connectivity index (χ4n) is 3.22. The lowest BCUT2D eigenvalue weighted by Crippen LogP contribution is -2.46. The van der Waals surface area contributed by atoms with Crippen molar-refractivity contribution in [3.05, 3.63) is 0 Å². The summed E-state index contributed by atoms with van der Waals surface area (Å²) < 4.78 is 6.32. The van der Waals surface area contributed by atoms with Gasteiger partial charge in [-0.05, 0) is 56.4 Å². The minimum absolute atomic E-state index is 0.103. The van der Waals surface area contributed by atoms with Gasteiger partial charge in [0, 0.05) is 13.2 Å². The highest BCUT2D eigenvalue weighted by Gasteiger charge is 2.38. The van der Waals surface area contributed by atoms with Crippen LogP contribution in [0, 0.1) is 17.3 Å². The third kappa shape index (κ3) is 5.43. The lowest BCUT2D eigenvalue weighted by atomic mass is 9.68. The standard InChI is InChI=1S/C17H35NO/c1-14(2)9-12-19-17(13-18-6)10-7-15(8-11-17)16(3,4)5/h14-15,18H,7-13H2,1-6H3. The Labute approximate surface area is 120 Å². The Morgan fingerprint density at radius 2 is 1.79 bits per heavy atom. The van der Waals surface area contributed by atoms with Gasteiger partial charge in [-0.15, -0.1) is 0 Å². The molecule has 1 rings (SSSR count). The van der Waals surface area contributed by atoms with Crippen LogP contribution in [0.1, 0.15) is 66.7 Å². The lowest BCUT2D eigenvalue weighted by Gasteiger charge is -2.44. The zero-order chi connectivity index (χ0) is 14.5. The number of hydrogen-bond acceptors (Lipinski definition) is 2. The molecule has 1 saturated carbocycles. The van der Waals surface area contributed by atoms with Crippen LogP contribution in [0.5, 0.6) is 0 Å². The first kappa shape index (κ1) is 17.0. The number of nitrogens with one attached hydrogen (secondary N) is 1. The number of rotatable bonds is 6. The summed E-state index contributed by atoms with van der Waals surface area (Å²) in [7, 11) is 2.05. The topological polar surface area (TPSA) is 21.3 Å². The lowest BCUT2D eigenvalue weighted by molar-refractivity contribution is -0.0862. The quantitative estimate of drug-likeness (QED) is 0.778. The molecule has 0 heterocycles. The second kappa shape index (κ2) is 7.08. The van der Waals surface area contributed by atoms with Crippen LogP contribution in [-0.2, 0) is 4.74 Å². The van der Waals surface area contributed by atoms with Gasteiger partial charge < -0.3 is 10.1 Å². The normalized spacial score (nSPS) is 28.9. The van der Waals surface area contributed by atoms with E-state index in [1.807, 2.05) is 7.05 Å². The highest BCUT2D eigenvalue weighted by molar-refractivity contribution is 4.91. The van der Waals surface area contributed by atoms with Gasteiger partial charge in [0.05, 0.1) is 5.60 Å². The summed E-state index contributed by atoms with van der Waals surface area (Å²) in [5, 5.41) is 3.34. The van der Waals surface area contributed by atoms with Crippen molar-refractivity contribution in [2.75, 3.05) is 20.2 Å². The zero-order valence-corrected chi connectivity index (χ0v) is 14.0. The largest absolute Gasteiger partial charge is 0.374 e. The van der Waals surface area contributed by atoms with E-state index in [4.69, 9.17) is 4.74 Å². The van der Waals surface area contributed by atoms with Gasteiger partial charge in [0.25, 0.3) is 0 Å². The van der Waals surface area contributed by atoms with Crippen molar-refractivity contribution in [2.24, 2.45) is 17.3 Å². The fraction of sp³-hybridized carbons (Fsp3) is 1.00. The summed E-state index contributed by atoms with van der Waals surface area (Å²) in [6.45, 7) is 13.6. The summed E-state index contributed by atoms with van der Waals surface area (Å²) in [5.41, 5.74) is 0.551. The van der Waals surface area contributed by atoms with Crippen LogP contribution in [0.3, 0.4) is 0 Å². The van der Waals surface area contributed by atoms with Gasteiger partial charge in [-0.1, -0.05) is 34.6 Å². The van der Waals surface area contributed by atoms with Crippen LogP contribution in [0.25, 0.3) is 0 Å². The molecule has 0 radical (unpaired) electrons. The van der Waals surface area contributed by atoms with Crippen LogP contribution in [0.15, 0.2) is 0 Å². The second-order valence-corrected chi connectivity index (χ2v) is 7.88. The zero-order valence-electron chi connectivity index (χ0n) is 14.0. The summed E-state index contributed by atoms with van der Waals surface area (Å²) in [5.74, 6) is 1.59. The molecule has 2 nitrogen and oxygen atoms in total. The monoisotopic (exact) mass is 269 g/mol. The smallest absolute Gasteiger partial charge is 0.0806 e. The molecule has 0 aromatic carbocycles. The van der Waals surface area contributed by atoms with Gasteiger partial charge >= 0.3 is 0 Å². The Morgan fingerprint density at radius 3 is 2.21 bits per heavy atom. The maximum Gasteiger partial charge on any atom is 0.0806 e. The van der Waals surface area contributed by atoms with Crippen molar-refractivity contribution in [3.8, 4) is 0 Å². The van der Waals surface area contributed by atoms with Gasteiger partial charge in [0.2, 0.25) is 0 Å². The number of hydrogen-bond donors (Lipinski definition) is 1. The van der Waals surface area contributed by atoms with Crippen molar-refractivity contribution in [1.29, 1.82) is 0 Å². The van der Waals surface area contributed by atoms with Gasteiger partial charge in [-0.25, -0.2) is 0 Å². The van der Waals surface area contributed by atoms with E-state index in [2.05, 4.69) is 39.9 Å². The fourth-order valence-corrected chi connectivity index (χ4v) is 3.22. The average Bonchev–Trinajstić information content (AvgIpc) is 2.28. The first-order valence-electron chi connectivity index (χ1n) is 8.08. The van der Waals surface area contributed by atoms with Crippen LogP contribution < -0.4 is 5.32 Å². The maximum atomic E-state index is 6.32. The highest BCUT2D eigenvalue weighted by atomic mass is 16.5. The molecule has 0 bridgehead atoms. The molecule has 0 amide bonds. The molecule has 1 fully saturated rings. The Hall–Kier alpha value is -0.0800. The van der Waals surface area contributed by atoms with E-state index in [0.717, 1.165) is 25.0 Å². The molecule has 0 aromatic heterocycles. The minimum atomic E-state index is 0.103. The maximum absolute atomic E-state index is 6.32. The van der Waals surface area contributed by atoms with E-state index in [9.17, 15) is 0 Å². The molecule has 0 aromatic rings. The van der Waals surface area contributed by atoms with E-state index >= 15 is 0 Å².